The van der Waals surface area contributed by atoms with Gasteiger partial charge in [0, 0.05) is 10.9 Å². The second kappa shape index (κ2) is 6.50. The van der Waals surface area contributed by atoms with Crippen molar-refractivity contribution in [3.05, 3.63) is 35.5 Å². The molecule has 2 N–H and O–H groups in total. The van der Waals surface area contributed by atoms with Gasteiger partial charge in [-0.2, -0.15) is 0 Å². The molecule has 22 heavy (non-hydrogen) atoms. The van der Waals surface area contributed by atoms with Gasteiger partial charge in [0.15, 0.2) is 0 Å². The highest BCUT2D eigenvalue weighted by atomic mass is 32.2. The van der Waals surface area contributed by atoms with Crippen LogP contribution in [0.2, 0.25) is 0 Å². The summed E-state index contributed by atoms with van der Waals surface area (Å²) in [4.78, 5) is 14.9. The summed E-state index contributed by atoms with van der Waals surface area (Å²) in [5, 5.41) is 0.857. The Bertz CT molecular complexity index is 778. The number of benzene rings is 1. The number of hydrogen-bond donors (Lipinski definition) is 2. The van der Waals surface area contributed by atoms with Crippen LogP contribution in [-0.4, -0.2) is 38.3 Å². The van der Waals surface area contributed by atoms with Crippen LogP contribution in [0.3, 0.4) is 0 Å². The van der Waals surface area contributed by atoms with Gasteiger partial charge in [0.2, 0.25) is 10.0 Å². The van der Waals surface area contributed by atoms with Crippen molar-refractivity contribution >= 4 is 26.9 Å². The smallest absolute Gasteiger partial charge is 0.355 e. The summed E-state index contributed by atoms with van der Waals surface area (Å²) in [6.45, 7) is 3.59. The number of carbonyl (C=O) groups is 1. The van der Waals surface area contributed by atoms with Gasteiger partial charge in [0.1, 0.15) is 5.69 Å². The van der Waals surface area contributed by atoms with Crippen molar-refractivity contribution in [1.29, 1.82) is 0 Å². The minimum absolute atomic E-state index is 0.0294. The molecule has 0 saturated carbocycles. The molecular weight excluding hydrogens is 304 g/mol. The van der Waals surface area contributed by atoms with Crippen molar-refractivity contribution in [2.24, 2.45) is 0 Å². The van der Waals surface area contributed by atoms with Crippen molar-refractivity contribution < 1.29 is 17.9 Å². The second-order valence-electron chi connectivity index (χ2n) is 5.33. The van der Waals surface area contributed by atoms with Crippen LogP contribution in [0.15, 0.2) is 24.3 Å². The standard InChI is InChI=1S/C15H20N2O4S/c1-10(2)21-15(18)14-9-12-8-11(4-5-13(12)17-14)6-7-22(19,20)16-3/h4-5,8-10,16-17H,6-7H2,1-3H3. The van der Waals surface area contributed by atoms with Crippen LogP contribution >= 0.6 is 0 Å². The molecule has 0 aliphatic carbocycles. The monoisotopic (exact) mass is 324 g/mol. The highest BCUT2D eigenvalue weighted by Gasteiger charge is 2.13. The zero-order chi connectivity index (χ0) is 16.3. The number of carbonyl (C=O) groups excluding carboxylic acids is 1. The quantitative estimate of drug-likeness (QED) is 0.793. The normalized spacial score (nSPS) is 12.0. The van der Waals surface area contributed by atoms with Gasteiger partial charge in [0.25, 0.3) is 0 Å². The molecule has 0 radical (unpaired) electrons. The van der Waals surface area contributed by atoms with Crippen LogP contribution in [0.4, 0.5) is 0 Å². The highest BCUT2D eigenvalue weighted by molar-refractivity contribution is 7.89. The molecule has 0 aliphatic heterocycles. The molecule has 1 aromatic heterocycles. The zero-order valence-corrected chi connectivity index (χ0v) is 13.7. The minimum atomic E-state index is -3.22. The number of aryl methyl sites for hydroxylation is 1. The first-order valence-electron chi connectivity index (χ1n) is 7.04. The van der Waals surface area contributed by atoms with Crippen LogP contribution < -0.4 is 4.72 Å². The lowest BCUT2D eigenvalue weighted by Crippen LogP contribution is -2.23. The maximum absolute atomic E-state index is 11.9. The third-order valence-corrected chi connectivity index (χ3v) is 4.58. The van der Waals surface area contributed by atoms with Crippen molar-refractivity contribution in [2.75, 3.05) is 12.8 Å². The van der Waals surface area contributed by atoms with Crippen LogP contribution in [-0.2, 0) is 21.2 Å². The van der Waals surface area contributed by atoms with Gasteiger partial charge in [0.05, 0.1) is 11.9 Å². The molecule has 0 aliphatic rings. The Balaban J connectivity index is 2.19. The summed E-state index contributed by atoms with van der Waals surface area (Å²) in [7, 11) is -1.82. The van der Waals surface area contributed by atoms with Gasteiger partial charge < -0.3 is 9.72 Å². The van der Waals surface area contributed by atoms with E-state index < -0.39 is 16.0 Å². The molecule has 0 unspecified atom stereocenters. The lowest BCUT2D eigenvalue weighted by molar-refractivity contribution is 0.0372. The van der Waals surface area contributed by atoms with E-state index in [0.29, 0.717) is 12.1 Å². The van der Waals surface area contributed by atoms with Crippen LogP contribution in [0.1, 0.15) is 29.9 Å². The summed E-state index contributed by atoms with van der Waals surface area (Å²) < 4.78 is 30.3. The summed E-state index contributed by atoms with van der Waals surface area (Å²) in [5.74, 6) is -0.368. The third-order valence-electron chi connectivity index (χ3n) is 3.22. The Morgan fingerprint density at radius 2 is 2.05 bits per heavy atom. The summed E-state index contributed by atoms with van der Waals surface area (Å²) in [5.41, 5.74) is 2.11. The molecule has 0 spiro atoms. The van der Waals surface area contributed by atoms with E-state index in [-0.39, 0.29) is 11.9 Å². The predicted molar refractivity (Wildman–Crippen MR) is 85.4 cm³/mol. The molecule has 0 saturated heterocycles. The largest absolute Gasteiger partial charge is 0.458 e. The van der Waals surface area contributed by atoms with E-state index in [9.17, 15) is 13.2 Å². The zero-order valence-electron chi connectivity index (χ0n) is 12.8. The van der Waals surface area contributed by atoms with Gasteiger partial charge >= 0.3 is 5.97 Å². The van der Waals surface area contributed by atoms with E-state index in [1.165, 1.54) is 7.05 Å². The minimum Gasteiger partial charge on any atom is -0.458 e. The number of esters is 1. The average molecular weight is 324 g/mol. The Morgan fingerprint density at radius 1 is 1.32 bits per heavy atom. The molecule has 2 rings (SSSR count). The number of H-pyrrole nitrogens is 1. The molecule has 0 bridgehead atoms. The number of sulfonamides is 1. The number of hydrogen-bond acceptors (Lipinski definition) is 4. The first-order valence-corrected chi connectivity index (χ1v) is 8.70. The van der Waals surface area contributed by atoms with E-state index in [2.05, 4.69) is 9.71 Å². The number of fused-ring (bicyclic) bond motifs is 1. The lowest BCUT2D eigenvalue weighted by Gasteiger charge is -2.05. The molecule has 7 heteroatoms. The third kappa shape index (κ3) is 4.08. The molecule has 0 fully saturated rings. The summed E-state index contributed by atoms with van der Waals surface area (Å²) >= 11 is 0. The van der Waals surface area contributed by atoms with E-state index in [4.69, 9.17) is 4.74 Å². The van der Waals surface area contributed by atoms with Crippen molar-refractivity contribution in [3.63, 3.8) is 0 Å². The van der Waals surface area contributed by atoms with Gasteiger partial charge in [-0.1, -0.05) is 6.07 Å². The maximum Gasteiger partial charge on any atom is 0.355 e. The Hall–Kier alpha value is -1.86. The highest BCUT2D eigenvalue weighted by Crippen LogP contribution is 2.19. The fourth-order valence-corrected chi connectivity index (χ4v) is 2.79. The summed E-state index contributed by atoms with van der Waals surface area (Å²) in [6, 6.07) is 7.28. The second-order valence-corrected chi connectivity index (χ2v) is 7.38. The number of rotatable bonds is 6. The molecule has 0 amide bonds. The van der Waals surface area contributed by atoms with Crippen LogP contribution in [0.5, 0.6) is 0 Å². The predicted octanol–water partition coefficient (Wildman–Crippen LogP) is 1.82. The van der Waals surface area contributed by atoms with E-state index >= 15 is 0 Å². The SMILES string of the molecule is CNS(=O)(=O)CCc1ccc2[nH]c(C(=O)OC(C)C)cc2c1. The number of nitrogens with one attached hydrogen (secondary N) is 2. The van der Waals surface area contributed by atoms with Crippen molar-refractivity contribution in [3.8, 4) is 0 Å². The molecule has 2 aromatic rings. The van der Waals surface area contributed by atoms with Gasteiger partial charge in [-0.25, -0.2) is 17.9 Å². The number of aromatic nitrogens is 1. The van der Waals surface area contributed by atoms with E-state index in [0.717, 1.165) is 16.5 Å². The molecule has 1 heterocycles. The van der Waals surface area contributed by atoms with Gasteiger partial charge in [-0.3, -0.25) is 0 Å². The van der Waals surface area contributed by atoms with E-state index in [1.807, 2.05) is 18.2 Å². The topological polar surface area (TPSA) is 88.3 Å². The van der Waals surface area contributed by atoms with Crippen LogP contribution in [0.25, 0.3) is 10.9 Å². The Labute approximate surface area is 129 Å². The summed E-state index contributed by atoms with van der Waals surface area (Å²) in [6.07, 6.45) is 0.233. The number of aromatic amines is 1. The molecule has 1 aromatic carbocycles. The molecule has 6 nitrogen and oxygen atoms in total. The van der Waals surface area contributed by atoms with Gasteiger partial charge in [-0.05, 0) is 51.1 Å². The van der Waals surface area contributed by atoms with Crippen molar-refractivity contribution in [2.45, 2.75) is 26.4 Å². The Kier molecular flexibility index (Phi) is 4.87. The fourth-order valence-electron chi connectivity index (χ4n) is 2.08. The van der Waals surface area contributed by atoms with Crippen molar-refractivity contribution in [1.82, 2.24) is 9.71 Å². The fraction of sp³-hybridized carbons (Fsp3) is 0.400. The first kappa shape index (κ1) is 16.5. The maximum atomic E-state index is 11.9. The Morgan fingerprint density at radius 3 is 2.68 bits per heavy atom. The molecule has 120 valence electrons. The average Bonchev–Trinajstić information content (AvgIpc) is 2.88. The number of ether oxygens (including phenoxy) is 1. The van der Waals surface area contributed by atoms with E-state index in [1.54, 1.807) is 19.9 Å². The first-order chi connectivity index (χ1) is 10.3. The molecular formula is C15H20N2O4S. The lowest BCUT2D eigenvalue weighted by atomic mass is 10.1. The van der Waals surface area contributed by atoms with Gasteiger partial charge in [-0.15, -0.1) is 0 Å². The molecule has 0 atom stereocenters. The van der Waals surface area contributed by atoms with Crippen LogP contribution in [0, 0.1) is 0 Å².